The van der Waals surface area contributed by atoms with Gasteiger partial charge in [0, 0.05) is 22.7 Å². The molecule has 160 valence electrons. The van der Waals surface area contributed by atoms with Gasteiger partial charge in [0.05, 0.1) is 16.3 Å². The predicted octanol–water partition coefficient (Wildman–Crippen LogP) is 4.01. The molecule has 0 spiro atoms. The van der Waals surface area contributed by atoms with Crippen LogP contribution in [0.3, 0.4) is 0 Å². The molecule has 1 unspecified atom stereocenters. The second-order valence-corrected chi connectivity index (χ2v) is 8.00. The molecule has 2 aromatic rings. The van der Waals surface area contributed by atoms with Crippen molar-refractivity contribution in [3.8, 4) is 0 Å². The summed E-state index contributed by atoms with van der Waals surface area (Å²) in [5, 5.41) is 21.3. The molecule has 0 aliphatic carbocycles. The topological polar surface area (TPSA) is 81.1 Å². The number of carbonyl (C=O) groups excluding carboxylic acids is 1. The molecular weight excluding hydrogens is 427 g/mol. The van der Waals surface area contributed by atoms with Crippen LogP contribution in [-0.2, 0) is 10.4 Å². The van der Waals surface area contributed by atoms with Crippen LogP contribution in [0.25, 0.3) is 0 Å². The summed E-state index contributed by atoms with van der Waals surface area (Å²) in [6.45, 7) is 6.99. The summed E-state index contributed by atoms with van der Waals surface area (Å²) in [7, 11) is 0. The molecule has 30 heavy (non-hydrogen) atoms. The monoisotopic (exact) mass is 450 g/mol. The second-order valence-electron chi connectivity index (χ2n) is 7.18. The molecule has 8 heteroatoms. The molecule has 2 N–H and O–H groups in total. The quantitative estimate of drug-likeness (QED) is 0.634. The lowest BCUT2D eigenvalue weighted by atomic mass is 9.87. The van der Waals surface area contributed by atoms with Gasteiger partial charge in [-0.25, -0.2) is 4.79 Å². The van der Waals surface area contributed by atoms with E-state index in [4.69, 9.17) is 23.2 Å². The fourth-order valence-corrected chi connectivity index (χ4v) is 4.54. The summed E-state index contributed by atoms with van der Waals surface area (Å²) < 4.78 is 0. The third kappa shape index (κ3) is 3.81. The average molecular weight is 451 g/mol. The fourth-order valence-electron chi connectivity index (χ4n) is 3.92. The van der Waals surface area contributed by atoms with Crippen LogP contribution in [0.1, 0.15) is 41.8 Å². The first-order valence-corrected chi connectivity index (χ1v) is 10.6. The number of halogens is 2. The largest absolute Gasteiger partial charge is 0.478 e. The van der Waals surface area contributed by atoms with E-state index < -0.39 is 17.5 Å². The number of amides is 1. The molecule has 3 rings (SSSR count). The predicted molar refractivity (Wildman–Crippen MR) is 118 cm³/mol. The number of rotatable bonds is 8. The molecule has 0 saturated carbocycles. The van der Waals surface area contributed by atoms with E-state index in [-0.39, 0.29) is 26.7 Å². The minimum Gasteiger partial charge on any atom is -0.478 e. The molecule has 1 amide bonds. The first kappa shape index (κ1) is 22.6. The van der Waals surface area contributed by atoms with Gasteiger partial charge in [0.2, 0.25) is 0 Å². The lowest BCUT2D eigenvalue weighted by molar-refractivity contribution is -0.132. The van der Waals surface area contributed by atoms with E-state index in [9.17, 15) is 19.8 Å². The Labute approximate surface area is 185 Å². The van der Waals surface area contributed by atoms with Gasteiger partial charge in [-0.05, 0) is 44.3 Å². The van der Waals surface area contributed by atoms with Crippen LogP contribution < -0.4 is 4.90 Å². The Hall–Kier alpha value is -2.12. The number of hydrogen-bond donors (Lipinski definition) is 2. The van der Waals surface area contributed by atoms with Crippen LogP contribution in [0, 0.1) is 0 Å². The van der Waals surface area contributed by atoms with Crippen LogP contribution in [0.2, 0.25) is 10.0 Å². The van der Waals surface area contributed by atoms with E-state index in [2.05, 4.69) is 18.7 Å². The number of aliphatic hydroxyl groups is 1. The zero-order valence-corrected chi connectivity index (χ0v) is 18.4. The highest BCUT2D eigenvalue weighted by Crippen LogP contribution is 2.49. The van der Waals surface area contributed by atoms with Gasteiger partial charge in [-0.3, -0.25) is 4.79 Å². The Kier molecular flexibility index (Phi) is 6.72. The maximum absolute atomic E-state index is 13.5. The highest BCUT2D eigenvalue weighted by Gasteiger charge is 2.53. The summed E-state index contributed by atoms with van der Waals surface area (Å²) in [6, 6.07) is 9.17. The summed E-state index contributed by atoms with van der Waals surface area (Å²) in [5.41, 5.74) is -1.46. The molecule has 1 aliphatic rings. The van der Waals surface area contributed by atoms with Gasteiger partial charge in [0.1, 0.15) is 0 Å². The van der Waals surface area contributed by atoms with Crippen molar-refractivity contribution >= 4 is 40.8 Å². The molecule has 1 aliphatic heterocycles. The summed E-state index contributed by atoms with van der Waals surface area (Å²) >= 11 is 12.7. The van der Waals surface area contributed by atoms with Gasteiger partial charge in [0.15, 0.2) is 5.60 Å². The molecule has 1 atom stereocenters. The Bertz CT molecular complexity index is 978. The first-order chi connectivity index (χ1) is 14.2. The molecule has 0 radical (unpaired) electrons. The Balaban J connectivity index is 2.10. The number of aromatic carboxylic acids is 1. The summed E-state index contributed by atoms with van der Waals surface area (Å²) in [6.07, 6.45) is 0.653. The van der Waals surface area contributed by atoms with Crippen molar-refractivity contribution < 1.29 is 19.8 Å². The number of fused-ring (bicyclic) bond motifs is 1. The first-order valence-electron chi connectivity index (χ1n) is 9.84. The van der Waals surface area contributed by atoms with Crippen molar-refractivity contribution in [2.75, 3.05) is 31.1 Å². The van der Waals surface area contributed by atoms with Crippen molar-refractivity contribution in [3.05, 3.63) is 63.1 Å². The number of anilines is 1. The highest BCUT2D eigenvalue weighted by atomic mass is 35.5. The van der Waals surface area contributed by atoms with Crippen LogP contribution >= 0.6 is 23.2 Å². The van der Waals surface area contributed by atoms with E-state index >= 15 is 0 Å². The van der Waals surface area contributed by atoms with Gasteiger partial charge in [-0.2, -0.15) is 0 Å². The van der Waals surface area contributed by atoms with E-state index in [1.165, 1.54) is 17.0 Å². The van der Waals surface area contributed by atoms with Gasteiger partial charge < -0.3 is 20.0 Å². The number of carboxylic acid groups (broad SMARTS) is 1. The fraction of sp³-hybridized carbons (Fsp3) is 0.364. The zero-order valence-electron chi connectivity index (χ0n) is 16.9. The Morgan fingerprint density at radius 2 is 1.80 bits per heavy atom. The number of carboxylic acids is 1. The minimum absolute atomic E-state index is 0.00640. The van der Waals surface area contributed by atoms with Crippen LogP contribution in [0.15, 0.2) is 36.4 Å². The van der Waals surface area contributed by atoms with Crippen molar-refractivity contribution in [1.82, 2.24) is 4.90 Å². The third-order valence-corrected chi connectivity index (χ3v) is 6.17. The molecule has 2 aromatic carbocycles. The van der Waals surface area contributed by atoms with E-state index in [0.29, 0.717) is 18.7 Å². The Morgan fingerprint density at radius 3 is 2.40 bits per heavy atom. The molecule has 0 aromatic heterocycles. The van der Waals surface area contributed by atoms with E-state index in [1.807, 2.05) is 0 Å². The lowest BCUT2D eigenvalue weighted by Gasteiger charge is -2.25. The van der Waals surface area contributed by atoms with Crippen molar-refractivity contribution in [2.45, 2.75) is 25.9 Å². The van der Waals surface area contributed by atoms with Crippen LogP contribution in [0.5, 0.6) is 0 Å². The second kappa shape index (κ2) is 8.94. The van der Waals surface area contributed by atoms with Gasteiger partial charge in [-0.15, -0.1) is 0 Å². The van der Waals surface area contributed by atoms with E-state index in [0.717, 1.165) is 19.6 Å². The average Bonchev–Trinajstić information content (AvgIpc) is 2.94. The number of benzene rings is 2. The SMILES string of the molecule is CCN(CC)CCCN1C(=O)C(O)(c2ccccc2Cl)c2c(Cl)cc(C(=O)O)cc21. The molecule has 6 nitrogen and oxygen atoms in total. The highest BCUT2D eigenvalue weighted by molar-refractivity contribution is 6.35. The number of hydrogen-bond acceptors (Lipinski definition) is 4. The van der Waals surface area contributed by atoms with E-state index in [1.54, 1.807) is 24.3 Å². The number of carbonyl (C=O) groups is 2. The van der Waals surface area contributed by atoms with Gasteiger partial charge >= 0.3 is 5.97 Å². The smallest absolute Gasteiger partial charge is 0.335 e. The molecule has 0 fully saturated rings. The standard InChI is InChI=1S/C22H24Cl2N2O4/c1-3-25(4-2)10-7-11-26-18-13-14(20(27)28)12-17(24)19(18)22(30,21(26)29)15-8-5-6-9-16(15)23/h5-6,8-9,12-13,30H,3-4,7,10-11H2,1-2H3,(H,27,28). The van der Waals surface area contributed by atoms with Crippen molar-refractivity contribution in [1.29, 1.82) is 0 Å². The van der Waals surface area contributed by atoms with Crippen molar-refractivity contribution in [2.24, 2.45) is 0 Å². The molecule has 1 heterocycles. The van der Waals surface area contributed by atoms with Gasteiger partial charge in [-0.1, -0.05) is 55.2 Å². The maximum Gasteiger partial charge on any atom is 0.335 e. The van der Waals surface area contributed by atoms with Crippen LogP contribution in [-0.4, -0.2) is 53.2 Å². The summed E-state index contributed by atoms with van der Waals surface area (Å²) in [4.78, 5) is 28.7. The Morgan fingerprint density at radius 1 is 1.13 bits per heavy atom. The molecule has 0 bridgehead atoms. The van der Waals surface area contributed by atoms with Gasteiger partial charge in [0.25, 0.3) is 5.91 Å². The zero-order chi connectivity index (χ0) is 22.1. The normalized spacial score (nSPS) is 18.2. The van der Waals surface area contributed by atoms with Crippen molar-refractivity contribution in [3.63, 3.8) is 0 Å². The summed E-state index contributed by atoms with van der Waals surface area (Å²) in [5.74, 6) is -1.75. The van der Waals surface area contributed by atoms with Crippen LogP contribution in [0.4, 0.5) is 5.69 Å². The maximum atomic E-state index is 13.5. The molecule has 0 saturated heterocycles. The lowest BCUT2D eigenvalue weighted by Crippen LogP contribution is -2.42. The number of nitrogens with zero attached hydrogens (tertiary/aromatic N) is 2. The molecular formula is C22H24Cl2N2O4. The minimum atomic E-state index is -2.09. The third-order valence-electron chi connectivity index (χ3n) is 5.54.